The summed E-state index contributed by atoms with van der Waals surface area (Å²) in [5, 5.41) is 7.61. The molecule has 20 heavy (non-hydrogen) atoms. The first-order valence-electron chi connectivity index (χ1n) is 6.00. The minimum absolute atomic E-state index is 0.000532. The fourth-order valence-electron chi connectivity index (χ4n) is 1.89. The van der Waals surface area contributed by atoms with Crippen molar-refractivity contribution in [1.29, 1.82) is 0 Å². The maximum absolute atomic E-state index is 11.7. The first kappa shape index (κ1) is 12.7. The lowest BCUT2D eigenvalue weighted by Gasteiger charge is -2.08. The van der Waals surface area contributed by atoms with E-state index in [1.165, 1.54) is 11.8 Å². The van der Waals surface area contributed by atoms with E-state index in [1.54, 1.807) is 27.6 Å². The van der Waals surface area contributed by atoms with Gasteiger partial charge in [0.2, 0.25) is 0 Å². The highest BCUT2D eigenvalue weighted by Gasteiger charge is 2.16. The number of nitrogens with one attached hydrogen (secondary N) is 1. The van der Waals surface area contributed by atoms with Crippen LogP contribution in [0.15, 0.2) is 33.6 Å². The molecule has 0 aliphatic carbocycles. The van der Waals surface area contributed by atoms with Crippen molar-refractivity contribution in [3.8, 4) is 0 Å². The minimum atomic E-state index is -0.245. The second-order valence-electron chi connectivity index (χ2n) is 4.51. The van der Waals surface area contributed by atoms with E-state index in [0.29, 0.717) is 21.6 Å². The molecular weight excluding hydrogens is 278 g/mol. The van der Waals surface area contributed by atoms with Crippen LogP contribution in [0.2, 0.25) is 0 Å². The Labute approximate surface area is 118 Å². The smallest absolute Gasteiger partial charge is 0.344 e. The van der Waals surface area contributed by atoms with E-state index >= 15 is 0 Å². The standard InChI is InChI=1S/C11H13N7OS/c1-6(2)18-10(19)15-16-11(18)20-9-8-13-3-4-17(8)5-7(12)14-9/h3-6H,12H2,1-2H3,(H,15,19). The zero-order valence-corrected chi connectivity index (χ0v) is 11.8. The second-order valence-corrected chi connectivity index (χ2v) is 5.46. The molecule has 3 N–H and O–H groups in total. The van der Waals surface area contributed by atoms with E-state index in [1.807, 2.05) is 13.8 Å². The van der Waals surface area contributed by atoms with Gasteiger partial charge < -0.3 is 10.1 Å². The summed E-state index contributed by atoms with van der Waals surface area (Å²) in [5.74, 6) is 0.381. The van der Waals surface area contributed by atoms with Gasteiger partial charge in [-0.05, 0) is 25.6 Å². The van der Waals surface area contributed by atoms with Crippen LogP contribution in [0.4, 0.5) is 5.82 Å². The van der Waals surface area contributed by atoms with Crippen molar-refractivity contribution in [3.63, 3.8) is 0 Å². The Balaban J connectivity index is 2.10. The number of nitrogen functional groups attached to an aromatic ring is 1. The first-order valence-corrected chi connectivity index (χ1v) is 6.82. The van der Waals surface area contributed by atoms with Gasteiger partial charge in [-0.25, -0.2) is 19.9 Å². The van der Waals surface area contributed by atoms with E-state index in [9.17, 15) is 4.79 Å². The molecule has 3 aromatic rings. The number of hydrogen-bond acceptors (Lipinski definition) is 6. The Kier molecular flexibility index (Phi) is 2.97. The van der Waals surface area contributed by atoms with Crippen molar-refractivity contribution in [2.45, 2.75) is 30.1 Å². The zero-order valence-electron chi connectivity index (χ0n) is 10.9. The average Bonchev–Trinajstić information content (AvgIpc) is 2.95. The summed E-state index contributed by atoms with van der Waals surface area (Å²) in [6.45, 7) is 3.83. The first-order chi connectivity index (χ1) is 9.56. The van der Waals surface area contributed by atoms with Crippen LogP contribution in [-0.4, -0.2) is 29.1 Å². The molecule has 9 heteroatoms. The molecule has 104 valence electrons. The maximum atomic E-state index is 11.7. The summed E-state index contributed by atoms with van der Waals surface area (Å²) in [4.78, 5) is 20.2. The number of H-pyrrole nitrogens is 1. The van der Waals surface area contributed by atoms with Gasteiger partial charge in [-0.3, -0.25) is 4.57 Å². The predicted molar refractivity (Wildman–Crippen MR) is 74.8 cm³/mol. The Morgan fingerprint density at radius 2 is 2.25 bits per heavy atom. The topological polar surface area (TPSA) is 107 Å². The van der Waals surface area contributed by atoms with E-state index < -0.39 is 0 Å². The van der Waals surface area contributed by atoms with Crippen molar-refractivity contribution in [1.82, 2.24) is 29.1 Å². The van der Waals surface area contributed by atoms with E-state index in [-0.39, 0.29) is 11.7 Å². The van der Waals surface area contributed by atoms with Crippen LogP contribution >= 0.6 is 11.8 Å². The molecule has 8 nitrogen and oxygen atoms in total. The van der Waals surface area contributed by atoms with E-state index in [0.717, 1.165) is 0 Å². The third-order valence-electron chi connectivity index (χ3n) is 2.74. The van der Waals surface area contributed by atoms with Gasteiger partial charge in [0.1, 0.15) is 10.8 Å². The third-order valence-corrected chi connectivity index (χ3v) is 3.68. The summed E-state index contributed by atoms with van der Waals surface area (Å²) in [6, 6.07) is 0.000532. The number of hydrogen-bond donors (Lipinski definition) is 2. The lowest BCUT2D eigenvalue weighted by atomic mass is 10.4. The van der Waals surface area contributed by atoms with Gasteiger partial charge in [0, 0.05) is 18.4 Å². The second kappa shape index (κ2) is 4.67. The molecule has 0 unspecified atom stereocenters. The minimum Gasteiger partial charge on any atom is -0.382 e. The highest BCUT2D eigenvalue weighted by Crippen LogP contribution is 2.28. The summed E-state index contributed by atoms with van der Waals surface area (Å²) in [5.41, 5.74) is 6.20. The zero-order chi connectivity index (χ0) is 14.3. The van der Waals surface area contributed by atoms with Gasteiger partial charge in [0.05, 0.1) is 6.20 Å². The quantitative estimate of drug-likeness (QED) is 0.743. The molecule has 0 atom stereocenters. The molecule has 0 fully saturated rings. The van der Waals surface area contributed by atoms with Crippen LogP contribution in [0.3, 0.4) is 0 Å². The van der Waals surface area contributed by atoms with Crippen LogP contribution in [0, 0.1) is 0 Å². The van der Waals surface area contributed by atoms with Gasteiger partial charge in [0.15, 0.2) is 10.8 Å². The summed E-state index contributed by atoms with van der Waals surface area (Å²) < 4.78 is 3.35. The van der Waals surface area contributed by atoms with Crippen LogP contribution in [0.1, 0.15) is 19.9 Å². The number of rotatable bonds is 3. The molecule has 0 aliphatic rings. The van der Waals surface area contributed by atoms with Gasteiger partial charge in [-0.1, -0.05) is 0 Å². The van der Waals surface area contributed by atoms with Crippen LogP contribution < -0.4 is 11.4 Å². The van der Waals surface area contributed by atoms with Crippen molar-refractivity contribution in [3.05, 3.63) is 29.1 Å². The van der Waals surface area contributed by atoms with E-state index in [4.69, 9.17) is 5.73 Å². The number of aromatic nitrogens is 6. The number of aromatic amines is 1. The molecule has 0 amide bonds. The van der Waals surface area contributed by atoms with Gasteiger partial charge in [-0.2, -0.15) is 0 Å². The van der Waals surface area contributed by atoms with Crippen molar-refractivity contribution < 1.29 is 0 Å². The lowest BCUT2D eigenvalue weighted by molar-refractivity contribution is 0.534. The molecule has 3 rings (SSSR count). The van der Waals surface area contributed by atoms with Gasteiger partial charge >= 0.3 is 5.69 Å². The highest BCUT2D eigenvalue weighted by atomic mass is 32.2. The molecule has 0 saturated heterocycles. The Bertz CT molecular complexity index is 816. The van der Waals surface area contributed by atoms with Gasteiger partial charge in [0.25, 0.3) is 0 Å². The van der Waals surface area contributed by atoms with Crippen LogP contribution in [0.5, 0.6) is 0 Å². The number of nitrogens with zero attached hydrogens (tertiary/aromatic N) is 5. The predicted octanol–water partition coefficient (Wildman–Crippen LogP) is 0.928. The molecule has 0 aliphatic heterocycles. The van der Waals surface area contributed by atoms with Crippen molar-refractivity contribution in [2.24, 2.45) is 0 Å². The number of anilines is 1. The van der Waals surface area contributed by atoms with Crippen LogP contribution in [-0.2, 0) is 0 Å². The molecule has 0 spiro atoms. The molecule has 0 radical (unpaired) electrons. The van der Waals surface area contributed by atoms with Crippen molar-refractivity contribution >= 4 is 23.2 Å². The lowest BCUT2D eigenvalue weighted by Crippen LogP contribution is -2.19. The SMILES string of the molecule is CC(C)n1c(Sc2nc(N)cn3ccnc23)n[nH]c1=O. The average molecular weight is 291 g/mol. The fraction of sp³-hybridized carbons (Fsp3) is 0.273. The van der Waals surface area contributed by atoms with E-state index in [2.05, 4.69) is 20.2 Å². The fourth-order valence-corrected chi connectivity index (χ4v) is 2.95. The highest BCUT2D eigenvalue weighted by molar-refractivity contribution is 7.99. The molecule has 0 aromatic carbocycles. The van der Waals surface area contributed by atoms with Gasteiger partial charge in [-0.15, -0.1) is 5.10 Å². The molecular formula is C11H13N7OS. The monoisotopic (exact) mass is 291 g/mol. The molecule has 3 aromatic heterocycles. The molecule has 0 saturated carbocycles. The Morgan fingerprint density at radius 3 is 3.00 bits per heavy atom. The summed E-state index contributed by atoms with van der Waals surface area (Å²) in [6.07, 6.45) is 5.14. The number of nitrogens with two attached hydrogens (primary N) is 1. The Hall–Kier alpha value is -2.29. The molecule has 0 bridgehead atoms. The summed E-state index contributed by atoms with van der Waals surface area (Å²) >= 11 is 1.26. The largest absolute Gasteiger partial charge is 0.382 e. The molecule has 3 heterocycles. The summed E-state index contributed by atoms with van der Waals surface area (Å²) in [7, 11) is 0. The number of imidazole rings is 1. The normalized spacial score (nSPS) is 11.6. The maximum Gasteiger partial charge on any atom is 0.344 e. The van der Waals surface area contributed by atoms with Crippen LogP contribution in [0.25, 0.3) is 5.65 Å². The number of fused-ring (bicyclic) bond motifs is 1. The third kappa shape index (κ3) is 2.05. The van der Waals surface area contributed by atoms with Crippen molar-refractivity contribution in [2.75, 3.05) is 5.73 Å². The Morgan fingerprint density at radius 1 is 1.45 bits per heavy atom.